The SMILES string of the molecule is CCc1ccccc1NC(=S)Nc1ccn(C)n1. The Kier molecular flexibility index (Phi) is 3.94. The molecule has 0 radical (unpaired) electrons. The van der Waals surface area contributed by atoms with Crippen molar-refractivity contribution in [1.82, 2.24) is 9.78 Å². The number of anilines is 2. The molecule has 0 atom stereocenters. The number of aromatic nitrogens is 2. The van der Waals surface area contributed by atoms with Crippen molar-refractivity contribution in [2.75, 3.05) is 10.6 Å². The molecule has 2 aromatic rings. The van der Waals surface area contributed by atoms with Crippen LogP contribution in [0.15, 0.2) is 36.5 Å². The van der Waals surface area contributed by atoms with E-state index in [1.54, 1.807) is 4.68 Å². The standard InChI is InChI=1S/C13H16N4S/c1-3-10-6-4-5-7-11(10)14-13(18)15-12-8-9-17(2)16-12/h4-9H,3H2,1-2H3,(H2,14,15,16,18). The maximum atomic E-state index is 5.26. The summed E-state index contributed by atoms with van der Waals surface area (Å²) >= 11 is 5.26. The summed E-state index contributed by atoms with van der Waals surface area (Å²) in [5.74, 6) is 0.740. The summed E-state index contributed by atoms with van der Waals surface area (Å²) in [5.41, 5.74) is 2.27. The van der Waals surface area contributed by atoms with Crippen LogP contribution in [-0.2, 0) is 13.5 Å². The van der Waals surface area contributed by atoms with Crippen LogP contribution in [0.1, 0.15) is 12.5 Å². The highest BCUT2D eigenvalue weighted by Crippen LogP contribution is 2.15. The molecule has 94 valence electrons. The van der Waals surface area contributed by atoms with Crippen molar-refractivity contribution >= 4 is 28.8 Å². The Morgan fingerprint density at radius 2 is 2.06 bits per heavy atom. The zero-order valence-electron chi connectivity index (χ0n) is 10.5. The number of nitrogens with zero attached hydrogens (tertiary/aromatic N) is 2. The fourth-order valence-electron chi connectivity index (χ4n) is 1.70. The highest BCUT2D eigenvalue weighted by molar-refractivity contribution is 7.80. The molecule has 5 heteroatoms. The third kappa shape index (κ3) is 3.07. The van der Waals surface area contributed by atoms with Gasteiger partial charge in [-0.15, -0.1) is 0 Å². The maximum Gasteiger partial charge on any atom is 0.176 e. The first-order chi connectivity index (χ1) is 8.69. The lowest BCUT2D eigenvalue weighted by Gasteiger charge is -2.11. The van der Waals surface area contributed by atoms with Gasteiger partial charge < -0.3 is 10.6 Å². The van der Waals surface area contributed by atoms with Crippen molar-refractivity contribution in [3.63, 3.8) is 0 Å². The van der Waals surface area contributed by atoms with Gasteiger partial charge in [0.15, 0.2) is 10.9 Å². The molecule has 0 aliphatic rings. The first kappa shape index (κ1) is 12.6. The number of para-hydroxylation sites is 1. The Hall–Kier alpha value is -1.88. The lowest BCUT2D eigenvalue weighted by atomic mass is 10.1. The molecular formula is C13H16N4S. The molecule has 1 aromatic heterocycles. The van der Waals surface area contributed by atoms with Gasteiger partial charge in [0, 0.05) is 25.0 Å². The second-order valence-corrected chi connectivity index (χ2v) is 4.37. The fraction of sp³-hybridized carbons (Fsp3) is 0.231. The van der Waals surface area contributed by atoms with Gasteiger partial charge in [-0.3, -0.25) is 4.68 Å². The fourth-order valence-corrected chi connectivity index (χ4v) is 1.92. The molecule has 0 aliphatic heterocycles. The van der Waals surface area contributed by atoms with Crippen molar-refractivity contribution in [2.45, 2.75) is 13.3 Å². The van der Waals surface area contributed by atoms with E-state index in [1.165, 1.54) is 5.56 Å². The predicted octanol–water partition coefficient (Wildman–Crippen LogP) is 2.79. The second-order valence-electron chi connectivity index (χ2n) is 3.96. The molecule has 18 heavy (non-hydrogen) atoms. The van der Waals surface area contributed by atoms with Gasteiger partial charge in [0.05, 0.1) is 0 Å². The Balaban J connectivity index is 2.03. The van der Waals surface area contributed by atoms with Crippen LogP contribution in [0.5, 0.6) is 0 Å². The molecule has 0 spiro atoms. The molecule has 2 N–H and O–H groups in total. The van der Waals surface area contributed by atoms with Crippen LogP contribution in [-0.4, -0.2) is 14.9 Å². The summed E-state index contributed by atoms with van der Waals surface area (Å²) < 4.78 is 1.73. The van der Waals surface area contributed by atoms with Gasteiger partial charge in [0.1, 0.15) is 0 Å². The van der Waals surface area contributed by atoms with Gasteiger partial charge in [-0.25, -0.2) is 0 Å². The van der Waals surface area contributed by atoms with Crippen molar-refractivity contribution in [3.05, 3.63) is 42.1 Å². The van der Waals surface area contributed by atoms with Gasteiger partial charge in [-0.1, -0.05) is 25.1 Å². The average molecular weight is 260 g/mol. The number of hydrogen-bond acceptors (Lipinski definition) is 2. The van der Waals surface area contributed by atoms with E-state index < -0.39 is 0 Å². The third-order valence-corrected chi connectivity index (χ3v) is 2.81. The monoisotopic (exact) mass is 260 g/mol. The first-order valence-corrected chi connectivity index (χ1v) is 6.25. The summed E-state index contributed by atoms with van der Waals surface area (Å²) in [7, 11) is 1.87. The van der Waals surface area contributed by atoms with Gasteiger partial charge in [-0.05, 0) is 30.3 Å². The van der Waals surface area contributed by atoms with E-state index in [4.69, 9.17) is 12.2 Å². The summed E-state index contributed by atoms with van der Waals surface area (Å²) in [4.78, 5) is 0. The molecule has 2 rings (SSSR count). The Labute approximate surface area is 112 Å². The first-order valence-electron chi connectivity index (χ1n) is 5.84. The minimum atomic E-state index is 0.551. The molecular weight excluding hydrogens is 244 g/mol. The molecule has 4 nitrogen and oxygen atoms in total. The summed E-state index contributed by atoms with van der Waals surface area (Å²) in [6.07, 6.45) is 2.83. The van der Waals surface area contributed by atoms with E-state index in [2.05, 4.69) is 28.7 Å². The van der Waals surface area contributed by atoms with Gasteiger partial charge in [0.2, 0.25) is 0 Å². The van der Waals surface area contributed by atoms with Crippen LogP contribution in [0, 0.1) is 0 Å². The zero-order valence-corrected chi connectivity index (χ0v) is 11.3. The number of hydrogen-bond donors (Lipinski definition) is 2. The Morgan fingerprint density at radius 1 is 1.28 bits per heavy atom. The highest BCUT2D eigenvalue weighted by atomic mass is 32.1. The number of rotatable bonds is 3. The molecule has 0 unspecified atom stereocenters. The average Bonchev–Trinajstić information content (AvgIpc) is 2.75. The van der Waals surface area contributed by atoms with Crippen LogP contribution in [0.25, 0.3) is 0 Å². The van der Waals surface area contributed by atoms with E-state index in [0.29, 0.717) is 5.11 Å². The number of aryl methyl sites for hydroxylation is 2. The molecule has 0 aliphatic carbocycles. The molecule has 1 aromatic carbocycles. The summed E-state index contributed by atoms with van der Waals surface area (Å²) in [6.45, 7) is 2.12. The van der Waals surface area contributed by atoms with Crippen LogP contribution < -0.4 is 10.6 Å². The van der Waals surface area contributed by atoms with Crippen LogP contribution in [0.2, 0.25) is 0 Å². The quantitative estimate of drug-likeness (QED) is 0.833. The minimum Gasteiger partial charge on any atom is -0.332 e. The number of nitrogens with one attached hydrogen (secondary N) is 2. The van der Waals surface area contributed by atoms with Crippen LogP contribution in [0.3, 0.4) is 0 Å². The third-order valence-electron chi connectivity index (χ3n) is 2.60. The molecule has 1 heterocycles. The molecule has 0 amide bonds. The maximum absolute atomic E-state index is 5.26. The number of benzene rings is 1. The van der Waals surface area contributed by atoms with E-state index in [9.17, 15) is 0 Å². The highest BCUT2D eigenvalue weighted by Gasteiger charge is 2.03. The summed E-state index contributed by atoms with van der Waals surface area (Å²) in [5, 5.41) is 11.0. The van der Waals surface area contributed by atoms with Gasteiger partial charge in [0.25, 0.3) is 0 Å². The van der Waals surface area contributed by atoms with Crippen LogP contribution >= 0.6 is 12.2 Å². The zero-order chi connectivity index (χ0) is 13.0. The molecule has 0 fully saturated rings. The topological polar surface area (TPSA) is 41.9 Å². The largest absolute Gasteiger partial charge is 0.332 e. The van der Waals surface area contributed by atoms with Crippen molar-refractivity contribution < 1.29 is 0 Å². The molecule has 0 saturated heterocycles. The lowest BCUT2D eigenvalue weighted by Crippen LogP contribution is -2.20. The molecule has 0 bridgehead atoms. The van der Waals surface area contributed by atoms with Crippen molar-refractivity contribution in [2.24, 2.45) is 7.05 Å². The minimum absolute atomic E-state index is 0.551. The smallest absolute Gasteiger partial charge is 0.176 e. The normalized spacial score (nSPS) is 10.1. The number of thiocarbonyl (C=S) groups is 1. The Morgan fingerprint density at radius 3 is 2.72 bits per heavy atom. The van der Waals surface area contributed by atoms with Gasteiger partial charge in [-0.2, -0.15) is 5.10 Å². The Bertz CT molecular complexity index is 547. The predicted molar refractivity (Wildman–Crippen MR) is 78.9 cm³/mol. The van der Waals surface area contributed by atoms with Crippen molar-refractivity contribution in [3.8, 4) is 0 Å². The lowest BCUT2D eigenvalue weighted by molar-refractivity contribution is 0.772. The second kappa shape index (κ2) is 5.64. The van der Waals surface area contributed by atoms with E-state index >= 15 is 0 Å². The van der Waals surface area contributed by atoms with Crippen molar-refractivity contribution in [1.29, 1.82) is 0 Å². The molecule has 0 saturated carbocycles. The van der Waals surface area contributed by atoms with Crippen LogP contribution in [0.4, 0.5) is 11.5 Å². The summed E-state index contributed by atoms with van der Waals surface area (Å²) in [6, 6.07) is 10.0. The van der Waals surface area contributed by atoms with E-state index in [0.717, 1.165) is 17.9 Å². The van der Waals surface area contributed by atoms with Gasteiger partial charge >= 0.3 is 0 Å². The van der Waals surface area contributed by atoms with E-state index in [1.807, 2.05) is 37.5 Å². The van der Waals surface area contributed by atoms with E-state index in [-0.39, 0.29) is 0 Å².